The molecule has 0 spiro atoms. The number of nitrogens with zero attached hydrogens (tertiary/aromatic N) is 1. The van der Waals surface area contributed by atoms with Gasteiger partial charge in [0.15, 0.2) is 0 Å². The van der Waals surface area contributed by atoms with E-state index in [1.54, 1.807) is 0 Å². The summed E-state index contributed by atoms with van der Waals surface area (Å²) in [6.45, 7) is 2.13. The first-order valence-electron chi connectivity index (χ1n) is 3.58. The minimum atomic E-state index is 0. The number of hydrogen-bond donors (Lipinski definition) is 0. The van der Waals surface area contributed by atoms with Crippen molar-refractivity contribution in [1.82, 2.24) is 0 Å². The summed E-state index contributed by atoms with van der Waals surface area (Å²) >= 11 is 0. The summed E-state index contributed by atoms with van der Waals surface area (Å²) in [5.74, 6) is 0. The van der Waals surface area contributed by atoms with Crippen LogP contribution in [0.25, 0.3) is 0 Å². The summed E-state index contributed by atoms with van der Waals surface area (Å²) in [5, 5.41) is 0. The van der Waals surface area contributed by atoms with Crippen LogP contribution in [0, 0.1) is 0 Å². The van der Waals surface area contributed by atoms with Gasteiger partial charge in [-0.25, -0.2) is 0 Å². The van der Waals surface area contributed by atoms with E-state index in [-0.39, 0.29) is 26.2 Å². The Kier molecular flexibility index (Phi) is 2.78. The van der Waals surface area contributed by atoms with E-state index in [0.717, 1.165) is 12.1 Å². The van der Waals surface area contributed by atoms with E-state index in [1.165, 1.54) is 11.3 Å². The van der Waals surface area contributed by atoms with Crippen LogP contribution in [0.2, 0.25) is 0 Å². The summed E-state index contributed by atoms with van der Waals surface area (Å²) in [6, 6.07) is 0. The molecule has 11 heavy (non-hydrogen) atoms. The number of rotatable bonds is 1. The van der Waals surface area contributed by atoms with Crippen molar-refractivity contribution in [3.63, 3.8) is 0 Å². The largest absolute Gasteiger partial charge is 0.253 e. The summed E-state index contributed by atoms with van der Waals surface area (Å²) in [4.78, 5) is 4.39. The summed E-state index contributed by atoms with van der Waals surface area (Å²) in [6.07, 6.45) is 9.37. The molecule has 1 aliphatic heterocycles. The van der Waals surface area contributed by atoms with E-state index in [4.69, 9.17) is 0 Å². The monoisotopic (exact) mass is 221 g/mol. The number of allylic oxidation sites excluding steroid dienone is 4. The van der Waals surface area contributed by atoms with Gasteiger partial charge in [-0.05, 0) is 18.6 Å². The molecule has 1 nitrogen and oxygen atoms in total. The summed E-state index contributed by atoms with van der Waals surface area (Å²) < 4.78 is 0. The second-order valence-corrected chi connectivity index (χ2v) is 2.47. The van der Waals surface area contributed by atoms with E-state index in [9.17, 15) is 0 Å². The quantitative estimate of drug-likeness (QED) is 0.645. The van der Waals surface area contributed by atoms with Crippen molar-refractivity contribution in [3.05, 3.63) is 35.6 Å². The molecule has 0 amide bonds. The number of hydrogen-bond acceptors (Lipinski definition) is 1. The maximum atomic E-state index is 4.39. The van der Waals surface area contributed by atoms with E-state index in [0.29, 0.717) is 0 Å². The molecular weight excluding hydrogens is 213 g/mol. The van der Waals surface area contributed by atoms with Gasteiger partial charge in [0.25, 0.3) is 0 Å². The standard InChI is InChI=1S/C9H9N.Zr/c1-2-8-6-7-4-3-5-9(7)10-8;/h3-6H,2H2,1H3;. The van der Waals surface area contributed by atoms with Gasteiger partial charge < -0.3 is 0 Å². The van der Waals surface area contributed by atoms with Crippen LogP contribution in [0.4, 0.5) is 0 Å². The molecular formula is C9H9NZr. The van der Waals surface area contributed by atoms with Crippen molar-refractivity contribution in [2.24, 2.45) is 4.99 Å². The predicted molar refractivity (Wildman–Crippen MR) is 43.0 cm³/mol. The SMILES string of the molecule is CCC1=NC2=CC=CC2=C1.[Zr]. The zero-order valence-corrected chi connectivity index (χ0v) is 8.92. The average molecular weight is 222 g/mol. The smallest absolute Gasteiger partial charge is 0.0705 e. The molecule has 0 N–H and O–H groups in total. The van der Waals surface area contributed by atoms with Crippen LogP contribution < -0.4 is 0 Å². The molecule has 1 heterocycles. The maximum Gasteiger partial charge on any atom is 0.0705 e. The van der Waals surface area contributed by atoms with Crippen LogP contribution in [0.5, 0.6) is 0 Å². The molecule has 0 atom stereocenters. The Morgan fingerprint density at radius 2 is 2.27 bits per heavy atom. The fraction of sp³-hybridized carbons (Fsp3) is 0.222. The first-order chi connectivity index (χ1) is 4.90. The minimum absolute atomic E-state index is 0. The van der Waals surface area contributed by atoms with E-state index in [1.807, 2.05) is 6.08 Å². The van der Waals surface area contributed by atoms with Gasteiger partial charge in [-0.2, -0.15) is 0 Å². The van der Waals surface area contributed by atoms with Gasteiger partial charge in [-0.15, -0.1) is 0 Å². The van der Waals surface area contributed by atoms with E-state index in [2.05, 4.69) is 30.1 Å². The van der Waals surface area contributed by atoms with Gasteiger partial charge in [-0.3, -0.25) is 4.99 Å². The zero-order chi connectivity index (χ0) is 6.97. The Balaban J connectivity index is 0.000000605. The van der Waals surface area contributed by atoms with Crippen LogP contribution in [0.3, 0.4) is 0 Å². The number of aliphatic imine (C=N–C) groups is 1. The fourth-order valence-electron chi connectivity index (χ4n) is 1.20. The van der Waals surface area contributed by atoms with Crippen molar-refractivity contribution in [2.75, 3.05) is 0 Å². The molecule has 2 heteroatoms. The zero-order valence-electron chi connectivity index (χ0n) is 6.46. The Morgan fingerprint density at radius 1 is 1.45 bits per heavy atom. The first-order valence-corrected chi connectivity index (χ1v) is 3.58. The molecule has 0 fully saturated rings. The van der Waals surface area contributed by atoms with Crippen molar-refractivity contribution in [2.45, 2.75) is 13.3 Å². The molecule has 0 aromatic heterocycles. The van der Waals surface area contributed by atoms with Crippen molar-refractivity contribution in [1.29, 1.82) is 0 Å². The third-order valence-electron chi connectivity index (χ3n) is 1.77. The third kappa shape index (κ3) is 1.51. The summed E-state index contributed by atoms with van der Waals surface area (Å²) in [5.41, 5.74) is 3.61. The molecule has 0 radical (unpaired) electrons. The van der Waals surface area contributed by atoms with Gasteiger partial charge in [0.1, 0.15) is 0 Å². The normalized spacial score (nSPS) is 18.5. The predicted octanol–water partition coefficient (Wildman–Crippen LogP) is 2.23. The van der Waals surface area contributed by atoms with Crippen LogP contribution in [-0.2, 0) is 26.2 Å². The van der Waals surface area contributed by atoms with Gasteiger partial charge in [-0.1, -0.05) is 19.1 Å². The van der Waals surface area contributed by atoms with Gasteiger partial charge >= 0.3 is 0 Å². The van der Waals surface area contributed by atoms with Crippen LogP contribution >= 0.6 is 0 Å². The van der Waals surface area contributed by atoms with Crippen molar-refractivity contribution in [3.8, 4) is 0 Å². The first kappa shape index (κ1) is 8.87. The minimum Gasteiger partial charge on any atom is -0.253 e. The second kappa shape index (κ2) is 3.45. The molecule has 0 aromatic carbocycles. The number of fused-ring (bicyclic) bond motifs is 1. The Labute approximate surface area is 85.7 Å². The fourth-order valence-corrected chi connectivity index (χ4v) is 1.20. The molecule has 0 aromatic rings. The summed E-state index contributed by atoms with van der Waals surface area (Å²) in [7, 11) is 0. The third-order valence-corrected chi connectivity index (χ3v) is 1.77. The molecule has 0 saturated carbocycles. The molecule has 1 aliphatic carbocycles. The van der Waals surface area contributed by atoms with Crippen LogP contribution in [0.15, 0.2) is 40.6 Å². The van der Waals surface area contributed by atoms with Gasteiger partial charge in [0.05, 0.1) is 5.70 Å². The molecule has 0 unspecified atom stereocenters. The maximum absolute atomic E-state index is 4.39. The van der Waals surface area contributed by atoms with E-state index >= 15 is 0 Å². The topological polar surface area (TPSA) is 12.4 Å². The van der Waals surface area contributed by atoms with E-state index < -0.39 is 0 Å². The Hall–Kier alpha value is -0.227. The van der Waals surface area contributed by atoms with Gasteiger partial charge in [0, 0.05) is 37.5 Å². The molecule has 54 valence electrons. The molecule has 2 rings (SSSR count). The van der Waals surface area contributed by atoms with Crippen LogP contribution in [-0.4, -0.2) is 5.71 Å². The molecule has 2 aliphatic rings. The van der Waals surface area contributed by atoms with Crippen molar-refractivity contribution >= 4 is 5.71 Å². The van der Waals surface area contributed by atoms with Gasteiger partial charge in [0.2, 0.25) is 0 Å². The average Bonchev–Trinajstić information content (AvgIpc) is 2.42. The Morgan fingerprint density at radius 3 is 2.91 bits per heavy atom. The molecule has 0 bridgehead atoms. The second-order valence-electron chi connectivity index (χ2n) is 2.47. The van der Waals surface area contributed by atoms with Crippen LogP contribution in [0.1, 0.15) is 13.3 Å². The Bertz CT molecular complexity index is 282. The van der Waals surface area contributed by atoms with Crippen molar-refractivity contribution < 1.29 is 26.2 Å². The molecule has 0 saturated heterocycles.